The fourth-order valence-corrected chi connectivity index (χ4v) is 5.33. The van der Waals surface area contributed by atoms with Crippen LogP contribution < -0.4 is 0 Å². The fourth-order valence-electron chi connectivity index (χ4n) is 3.19. The molecule has 0 aliphatic carbocycles. The molecule has 1 aromatic carbocycles. The number of aryl methyl sites for hydroxylation is 1. The van der Waals surface area contributed by atoms with Crippen molar-refractivity contribution in [3.63, 3.8) is 0 Å². The van der Waals surface area contributed by atoms with Gasteiger partial charge < -0.3 is 4.90 Å². The van der Waals surface area contributed by atoms with Crippen LogP contribution in [0.1, 0.15) is 45.0 Å². The molecule has 0 saturated carbocycles. The van der Waals surface area contributed by atoms with Gasteiger partial charge >= 0.3 is 0 Å². The highest BCUT2D eigenvalue weighted by Gasteiger charge is 2.15. The summed E-state index contributed by atoms with van der Waals surface area (Å²) in [5, 5.41) is 4.57. The molecule has 0 bridgehead atoms. The summed E-state index contributed by atoms with van der Waals surface area (Å²) >= 11 is 3.58. The number of hydrogen-bond donors (Lipinski definition) is 0. The zero-order valence-electron chi connectivity index (χ0n) is 17.0. The smallest absolute Gasteiger partial charge is 0.128 e. The van der Waals surface area contributed by atoms with E-state index in [0.717, 1.165) is 41.1 Å². The zero-order valence-corrected chi connectivity index (χ0v) is 18.6. The lowest BCUT2D eigenvalue weighted by molar-refractivity contribution is 0.324. The van der Waals surface area contributed by atoms with Gasteiger partial charge in [0.1, 0.15) is 15.7 Å². The Morgan fingerprint density at radius 3 is 2.41 bits per heavy atom. The third-order valence-electron chi connectivity index (χ3n) is 4.94. The van der Waals surface area contributed by atoms with Gasteiger partial charge in [-0.15, -0.1) is 23.1 Å². The number of nitrogens with zero attached hydrogens (tertiary/aromatic N) is 3. The molecule has 144 valence electrons. The van der Waals surface area contributed by atoms with E-state index in [1.165, 1.54) is 22.1 Å². The SMILES string of the molecule is CCN(CC)CCSc1nc(C)nc2scc(-c3ccc(C(C)C)cc3)c12. The van der Waals surface area contributed by atoms with Gasteiger partial charge in [0.2, 0.25) is 0 Å². The Hall–Kier alpha value is -1.43. The van der Waals surface area contributed by atoms with Gasteiger partial charge in [0, 0.05) is 23.2 Å². The summed E-state index contributed by atoms with van der Waals surface area (Å²) in [6.45, 7) is 14.2. The number of thiophene rings is 1. The lowest BCUT2D eigenvalue weighted by Gasteiger charge is -2.17. The Balaban J connectivity index is 1.93. The summed E-state index contributed by atoms with van der Waals surface area (Å²) in [4.78, 5) is 13.0. The van der Waals surface area contributed by atoms with Gasteiger partial charge in [-0.05, 0) is 37.1 Å². The molecule has 0 radical (unpaired) electrons. The average Bonchev–Trinajstić information content (AvgIpc) is 3.09. The largest absolute Gasteiger partial charge is 0.303 e. The fraction of sp³-hybridized carbons (Fsp3) is 0.455. The van der Waals surface area contributed by atoms with Crippen molar-refractivity contribution in [1.82, 2.24) is 14.9 Å². The van der Waals surface area contributed by atoms with E-state index >= 15 is 0 Å². The molecular formula is C22H29N3S2. The van der Waals surface area contributed by atoms with E-state index in [9.17, 15) is 0 Å². The Kier molecular flexibility index (Phi) is 6.90. The van der Waals surface area contributed by atoms with Crippen LogP contribution in [0.3, 0.4) is 0 Å². The standard InChI is InChI=1S/C22H29N3S2/c1-6-25(7-2)12-13-26-21-20-19(14-27-22(20)24-16(5)23-21)18-10-8-17(9-11-18)15(3)4/h8-11,14-15H,6-7,12-13H2,1-5H3. The number of rotatable bonds is 8. The van der Waals surface area contributed by atoms with Crippen LogP contribution in [0.2, 0.25) is 0 Å². The minimum atomic E-state index is 0.551. The van der Waals surface area contributed by atoms with Gasteiger partial charge in [-0.3, -0.25) is 0 Å². The molecule has 3 rings (SSSR count). The topological polar surface area (TPSA) is 29.0 Å². The van der Waals surface area contributed by atoms with Gasteiger partial charge in [-0.1, -0.05) is 52.0 Å². The highest BCUT2D eigenvalue weighted by atomic mass is 32.2. The summed E-state index contributed by atoms with van der Waals surface area (Å²) in [6, 6.07) is 8.96. The normalized spacial score (nSPS) is 11.8. The molecule has 3 nitrogen and oxygen atoms in total. The van der Waals surface area contributed by atoms with Gasteiger partial charge in [0.05, 0.1) is 5.39 Å². The number of thioether (sulfide) groups is 1. The van der Waals surface area contributed by atoms with Gasteiger partial charge in [-0.2, -0.15) is 0 Å². The monoisotopic (exact) mass is 399 g/mol. The molecule has 2 heterocycles. The molecule has 5 heteroatoms. The molecule has 27 heavy (non-hydrogen) atoms. The van der Waals surface area contributed by atoms with Crippen LogP contribution in [0, 0.1) is 6.92 Å². The molecule has 0 spiro atoms. The van der Waals surface area contributed by atoms with Crippen LogP contribution in [0.15, 0.2) is 34.7 Å². The van der Waals surface area contributed by atoms with E-state index in [-0.39, 0.29) is 0 Å². The minimum Gasteiger partial charge on any atom is -0.303 e. The molecule has 0 fully saturated rings. The molecule has 0 aliphatic heterocycles. The van der Waals surface area contributed by atoms with E-state index in [2.05, 4.69) is 67.2 Å². The Morgan fingerprint density at radius 1 is 1.07 bits per heavy atom. The number of benzene rings is 1. The Bertz CT molecular complexity index is 880. The average molecular weight is 400 g/mol. The van der Waals surface area contributed by atoms with Crippen LogP contribution in [0.5, 0.6) is 0 Å². The van der Waals surface area contributed by atoms with Crippen molar-refractivity contribution in [2.75, 3.05) is 25.4 Å². The van der Waals surface area contributed by atoms with Crippen molar-refractivity contribution in [1.29, 1.82) is 0 Å². The van der Waals surface area contributed by atoms with Crippen LogP contribution in [0.25, 0.3) is 21.3 Å². The lowest BCUT2D eigenvalue weighted by Crippen LogP contribution is -2.25. The second kappa shape index (κ2) is 9.18. The van der Waals surface area contributed by atoms with Crippen LogP contribution in [-0.4, -0.2) is 40.3 Å². The molecule has 3 aromatic rings. The van der Waals surface area contributed by atoms with Crippen molar-refractivity contribution in [2.24, 2.45) is 0 Å². The van der Waals surface area contributed by atoms with Crippen LogP contribution >= 0.6 is 23.1 Å². The van der Waals surface area contributed by atoms with Crippen molar-refractivity contribution in [3.05, 3.63) is 41.0 Å². The van der Waals surface area contributed by atoms with E-state index in [0.29, 0.717) is 5.92 Å². The summed E-state index contributed by atoms with van der Waals surface area (Å²) < 4.78 is 0. The summed E-state index contributed by atoms with van der Waals surface area (Å²) in [5.74, 6) is 2.46. The molecule has 2 aromatic heterocycles. The second-order valence-electron chi connectivity index (χ2n) is 7.06. The van der Waals surface area contributed by atoms with Gasteiger partial charge in [0.25, 0.3) is 0 Å². The van der Waals surface area contributed by atoms with Crippen LogP contribution in [0.4, 0.5) is 0 Å². The molecule has 0 atom stereocenters. The van der Waals surface area contributed by atoms with Gasteiger partial charge in [0.15, 0.2) is 0 Å². The quantitative estimate of drug-likeness (QED) is 0.332. The number of aromatic nitrogens is 2. The first-order chi connectivity index (χ1) is 13.0. The van der Waals surface area contributed by atoms with Gasteiger partial charge in [-0.25, -0.2) is 9.97 Å². The van der Waals surface area contributed by atoms with Crippen molar-refractivity contribution < 1.29 is 0 Å². The highest BCUT2D eigenvalue weighted by molar-refractivity contribution is 7.99. The van der Waals surface area contributed by atoms with Crippen molar-refractivity contribution >= 4 is 33.3 Å². The molecular weight excluding hydrogens is 370 g/mol. The molecule has 0 unspecified atom stereocenters. The molecule has 0 N–H and O–H groups in total. The summed E-state index contributed by atoms with van der Waals surface area (Å²) in [6.07, 6.45) is 0. The van der Waals surface area contributed by atoms with E-state index in [4.69, 9.17) is 4.98 Å². The van der Waals surface area contributed by atoms with E-state index in [1.54, 1.807) is 11.3 Å². The number of fused-ring (bicyclic) bond motifs is 1. The summed E-state index contributed by atoms with van der Waals surface area (Å²) in [7, 11) is 0. The van der Waals surface area contributed by atoms with E-state index in [1.807, 2.05) is 18.7 Å². The van der Waals surface area contributed by atoms with Crippen molar-refractivity contribution in [2.45, 2.75) is 45.6 Å². The minimum absolute atomic E-state index is 0.551. The summed E-state index contributed by atoms with van der Waals surface area (Å²) in [5.41, 5.74) is 3.89. The molecule has 0 amide bonds. The Labute approximate surface area is 171 Å². The van der Waals surface area contributed by atoms with Crippen molar-refractivity contribution in [3.8, 4) is 11.1 Å². The third kappa shape index (κ3) is 4.71. The van der Waals surface area contributed by atoms with E-state index < -0.39 is 0 Å². The number of hydrogen-bond acceptors (Lipinski definition) is 5. The maximum atomic E-state index is 4.79. The predicted molar refractivity (Wildman–Crippen MR) is 120 cm³/mol. The van der Waals surface area contributed by atoms with Crippen LogP contribution in [-0.2, 0) is 0 Å². The third-order valence-corrected chi connectivity index (χ3v) is 6.77. The lowest BCUT2D eigenvalue weighted by atomic mass is 9.99. The highest BCUT2D eigenvalue weighted by Crippen LogP contribution is 2.38. The maximum Gasteiger partial charge on any atom is 0.128 e. The molecule has 0 saturated heterocycles. The maximum absolute atomic E-state index is 4.79. The first-order valence-corrected chi connectivity index (χ1v) is 11.6. The first kappa shape index (κ1) is 20.3. The molecule has 0 aliphatic rings. The predicted octanol–water partition coefficient (Wildman–Crippen LogP) is 6.22. The Morgan fingerprint density at radius 2 is 1.78 bits per heavy atom. The zero-order chi connectivity index (χ0) is 19.4. The second-order valence-corrected chi connectivity index (χ2v) is 9.00. The first-order valence-electron chi connectivity index (χ1n) is 9.74.